The van der Waals surface area contributed by atoms with Gasteiger partial charge in [-0.05, 0) is 25.2 Å². The van der Waals surface area contributed by atoms with Gasteiger partial charge in [-0.1, -0.05) is 20.8 Å². The molecule has 0 aromatic carbocycles. The molecule has 22 heavy (non-hydrogen) atoms. The number of thiazole rings is 1. The van der Waals surface area contributed by atoms with Crippen LogP contribution in [-0.4, -0.2) is 40.0 Å². The van der Waals surface area contributed by atoms with Crippen molar-refractivity contribution in [1.82, 2.24) is 9.88 Å². The van der Waals surface area contributed by atoms with Crippen LogP contribution in [0, 0.1) is 5.92 Å². The fourth-order valence-corrected chi connectivity index (χ4v) is 3.63. The minimum absolute atomic E-state index is 0.0352. The lowest BCUT2D eigenvalue weighted by Crippen LogP contribution is -2.39. The van der Waals surface area contributed by atoms with Gasteiger partial charge in [0.1, 0.15) is 4.88 Å². The van der Waals surface area contributed by atoms with E-state index >= 15 is 0 Å². The smallest absolute Gasteiger partial charge is 0.303 e. The molecule has 1 aromatic heterocycles. The van der Waals surface area contributed by atoms with Crippen molar-refractivity contribution in [2.24, 2.45) is 5.92 Å². The number of amides is 1. The first-order valence-corrected chi connectivity index (χ1v) is 8.56. The lowest BCUT2D eigenvalue weighted by atomic mass is 9.93. The molecule has 1 fully saturated rings. The number of piperidine rings is 1. The van der Waals surface area contributed by atoms with Gasteiger partial charge in [-0.2, -0.15) is 0 Å². The first kappa shape index (κ1) is 16.9. The molecule has 1 aliphatic rings. The van der Waals surface area contributed by atoms with Crippen molar-refractivity contribution in [3.8, 4) is 0 Å². The Labute approximate surface area is 135 Å². The lowest BCUT2D eigenvalue weighted by molar-refractivity contribution is -0.137. The number of hydrogen-bond acceptors (Lipinski definition) is 4. The van der Waals surface area contributed by atoms with Crippen molar-refractivity contribution in [2.45, 2.75) is 51.9 Å². The second kappa shape index (κ2) is 6.77. The zero-order valence-electron chi connectivity index (χ0n) is 13.5. The molecule has 2 heterocycles. The Bertz CT molecular complexity index is 548. The zero-order valence-corrected chi connectivity index (χ0v) is 14.3. The lowest BCUT2D eigenvalue weighted by Gasteiger charge is -2.32. The minimum Gasteiger partial charge on any atom is -0.481 e. The summed E-state index contributed by atoms with van der Waals surface area (Å²) in [5.41, 5.74) is -0.0465. The normalized spacial score (nSPS) is 19.2. The molecule has 0 saturated carbocycles. The second-order valence-electron chi connectivity index (χ2n) is 6.97. The highest BCUT2D eigenvalue weighted by Crippen LogP contribution is 2.29. The summed E-state index contributed by atoms with van der Waals surface area (Å²) in [6.07, 6.45) is 4.46. The number of carbonyl (C=O) groups excluding carboxylic acids is 1. The van der Waals surface area contributed by atoms with E-state index in [-0.39, 0.29) is 17.7 Å². The molecule has 0 aliphatic carbocycles. The first-order valence-electron chi connectivity index (χ1n) is 7.74. The Kier molecular flexibility index (Phi) is 5.21. The average Bonchev–Trinajstić information content (AvgIpc) is 2.94. The van der Waals surface area contributed by atoms with E-state index in [1.807, 2.05) is 4.90 Å². The van der Waals surface area contributed by atoms with Crippen molar-refractivity contribution in [2.75, 3.05) is 13.1 Å². The molecule has 122 valence electrons. The van der Waals surface area contributed by atoms with Crippen molar-refractivity contribution in [1.29, 1.82) is 0 Å². The largest absolute Gasteiger partial charge is 0.481 e. The predicted octanol–water partition coefficient (Wildman–Crippen LogP) is 3.16. The molecule has 2 rings (SSSR count). The van der Waals surface area contributed by atoms with Crippen molar-refractivity contribution >= 4 is 23.2 Å². The summed E-state index contributed by atoms with van der Waals surface area (Å²) in [4.78, 5) is 30.2. The molecular formula is C16H24N2O3S. The zero-order chi connectivity index (χ0) is 16.3. The molecule has 1 atom stereocenters. The van der Waals surface area contributed by atoms with Gasteiger partial charge in [0.05, 0.1) is 11.2 Å². The maximum absolute atomic E-state index is 12.6. The van der Waals surface area contributed by atoms with E-state index in [0.29, 0.717) is 23.8 Å². The molecule has 0 bridgehead atoms. The number of nitrogens with zero attached hydrogens (tertiary/aromatic N) is 2. The van der Waals surface area contributed by atoms with Gasteiger partial charge in [-0.3, -0.25) is 9.59 Å². The Morgan fingerprint density at radius 1 is 1.45 bits per heavy atom. The third kappa shape index (κ3) is 4.29. The van der Waals surface area contributed by atoms with Crippen molar-refractivity contribution in [3.63, 3.8) is 0 Å². The Morgan fingerprint density at radius 2 is 2.18 bits per heavy atom. The summed E-state index contributed by atoms with van der Waals surface area (Å²) in [7, 11) is 0. The molecule has 1 unspecified atom stereocenters. The third-order valence-electron chi connectivity index (χ3n) is 3.93. The molecule has 5 nitrogen and oxygen atoms in total. The SMILES string of the molecule is CC(C)(C)c1ncc(C(=O)N2CCCC(CCC(=O)O)C2)s1. The van der Waals surface area contributed by atoms with Crippen LogP contribution in [0.4, 0.5) is 0 Å². The van der Waals surface area contributed by atoms with Gasteiger partial charge in [0.15, 0.2) is 0 Å². The highest BCUT2D eigenvalue weighted by atomic mass is 32.1. The number of aliphatic carboxylic acids is 1. The van der Waals surface area contributed by atoms with E-state index in [2.05, 4.69) is 25.8 Å². The summed E-state index contributed by atoms with van der Waals surface area (Å²) < 4.78 is 0. The Hall–Kier alpha value is -1.43. The number of carboxylic acid groups (broad SMARTS) is 1. The van der Waals surface area contributed by atoms with Crippen LogP contribution in [-0.2, 0) is 10.2 Å². The van der Waals surface area contributed by atoms with E-state index in [1.165, 1.54) is 11.3 Å². The van der Waals surface area contributed by atoms with Crippen LogP contribution in [0.5, 0.6) is 0 Å². The van der Waals surface area contributed by atoms with Crippen LogP contribution < -0.4 is 0 Å². The summed E-state index contributed by atoms with van der Waals surface area (Å²) in [6.45, 7) is 7.68. The van der Waals surface area contributed by atoms with Gasteiger partial charge in [0.2, 0.25) is 0 Å². The molecule has 1 aliphatic heterocycles. The highest BCUT2D eigenvalue weighted by molar-refractivity contribution is 7.13. The molecule has 1 aromatic rings. The van der Waals surface area contributed by atoms with Crippen LogP contribution in [0.15, 0.2) is 6.20 Å². The highest BCUT2D eigenvalue weighted by Gasteiger charge is 2.27. The topological polar surface area (TPSA) is 70.5 Å². The molecule has 1 amide bonds. The number of aromatic nitrogens is 1. The number of rotatable bonds is 4. The molecule has 0 radical (unpaired) electrons. The van der Waals surface area contributed by atoms with Gasteiger partial charge < -0.3 is 10.0 Å². The Balaban J connectivity index is 1.99. The maximum Gasteiger partial charge on any atom is 0.303 e. The maximum atomic E-state index is 12.6. The molecule has 6 heteroatoms. The fraction of sp³-hybridized carbons (Fsp3) is 0.688. The van der Waals surface area contributed by atoms with Crippen LogP contribution in [0.1, 0.15) is 61.1 Å². The van der Waals surface area contributed by atoms with Gasteiger partial charge in [0, 0.05) is 24.9 Å². The third-order valence-corrected chi connectivity index (χ3v) is 5.34. The van der Waals surface area contributed by atoms with Crippen LogP contribution in [0.2, 0.25) is 0 Å². The summed E-state index contributed by atoms with van der Waals surface area (Å²) in [6, 6.07) is 0. The quantitative estimate of drug-likeness (QED) is 0.923. The van der Waals surface area contributed by atoms with Crippen LogP contribution >= 0.6 is 11.3 Å². The van der Waals surface area contributed by atoms with Gasteiger partial charge >= 0.3 is 5.97 Å². The van der Waals surface area contributed by atoms with Crippen LogP contribution in [0.3, 0.4) is 0 Å². The molecular weight excluding hydrogens is 300 g/mol. The predicted molar refractivity (Wildman–Crippen MR) is 86.3 cm³/mol. The minimum atomic E-state index is -0.763. The van der Waals surface area contributed by atoms with E-state index in [4.69, 9.17) is 5.11 Å². The Morgan fingerprint density at radius 3 is 2.77 bits per heavy atom. The number of likely N-dealkylation sites (tertiary alicyclic amines) is 1. The second-order valence-corrected chi connectivity index (χ2v) is 8.00. The van der Waals surface area contributed by atoms with Gasteiger partial charge in [-0.25, -0.2) is 4.98 Å². The van der Waals surface area contributed by atoms with Gasteiger partial charge in [-0.15, -0.1) is 11.3 Å². The van der Waals surface area contributed by atoms with E-state index in [9.17, 15) is 9.59 Å². The monoisotopic (exact) mass is 324 g/mol. The average molecular weight is 324 g/mol. The summed E-state index contributed by atoms with van der Waals surface area (Å²) in [5.74, 6) is -0.433. The number of carbonyl (C=O) groups is 2. The van der Waals surface area contributed by atoms with Crippen molar-refractivity contribution in [3.05, 3.63) is 16.1 Å². The van der Waals surface area contributed by atoms with Crippen LogP contribution in [0.25, 0.3) is 0 Å². The first-order chi connectivity index (χ1) is 10.3. The standard InChI is InChI=1S/C16H24N2O3S/c1-16(2,3)15-17-9-12(22-15)14(21)18-8-4-5-11(10-18)6-7-13(19)20/h9,11H,4-8,10H2,1-3H3,(H,19,20). The summed E-state index contributed by atoms with van der Waals surface area (Å²) >= 11 is 1.46. The fourth-order valence-electron chi connectivity index (χ4n) is 2.69. The van der Waals surface area contributed by atoms with E-state index in [0.717, 1.165) is 24.4 Å². The number of carboxylic acids is 1. The van der Waals surface area contributed by atoms with Gasteiger partial charge in [0.25, 0.3) is 5.91 Å². The van der Waals surface area contributed by atoms with E-state index in [1.54, 1.807) is 6.20 Å². The van der Waals surface area contributed by atoms with E-state index < -0.39 is 5.97 Å². The molecule has 1 N–H and O–H groups in total. The number of hydrogen-bond donors (Lipinski definition) is 1. The molecule has 1 saturated heterocycles. The molecule has 0 spiro atoms. The summed E-state index contributed by atoms with van der Waals surface area (Å²) in [5, 5.41) is 9.76. The van der Waals surface area contributed by atoms with Crippen molar-refractivity contribution < 1.29 is 14.7 Å².